The average molecular weight is 428 g/mol. The van der Waals surface area contributed by atoms with Gasteiger partial charge in [-0.15, -0.1) is 0 Å². The van der Waals surface area contributed by atoms with E-state index in [1.54, 1.807) is 5.57 Å². The smallest absolute Gasteiger partial charge is 0.0444 e. The molecule has 3 aliphatic rings. The molecule has 4 aromatic carbocycles. The molecule has 7 rings (SSSR count). The third-order valence-corrected chi connectivity index (χ3v) is 8.37. The van der Waals surface area contributed by atoms with Gasteiger partial charge in [0.1, 0.15) is 0 Å². The first-order valence-electron chi connectivity index (χ1n) is 12.4. The standard InChI is InChI=1S/C32H29N/c1-21-17-22-15-16-32(25(18-21)19-22)29-11-5-4-9-27(29)28-10-6-12-30(31(28)32)33-26-14-13-23-7-2-3-8-24(23)20-26/h2-14,18,20-22,33H,15-17,19H2,1H3. The third-order valence-electron chi connectivity index (χ3n) is 8.37. The molecular formula is C32H29N. The minimum Gasteiger partial charge on any atom is -0.355 e. The molecule has 0 amide bonds. The summed E-state index contributed by atoms with van der Waals surface area (Å²) < 4.78 is 0. The van der Waals surface area contributed by atoms with E-state index in [1.807, 2.05) is 0 Å². The van der Waals surface area contributed by atoms with Gasteiger partial charge < -0.3 is 5.32 Å². The Morgan fingerprint density at radius 2 is 1.64 bits per heavy atom. The lowest BCUT2D eigenvalue weighted by atomic mass is 9.58. The van der Waals surface area contributed by atoms with Crippen molar-refractivity contribution in [3.05, 3.63) is 108 Å². The Bertz CT molecular complexity index is 1430. The predicted octanol–water partition coefficient (Wildman–Crippen LogP) is 8.62. The topological polar surface area (TPSA) is 12.0 Å². The van der Waals surface area contributed by atoms with Crippen LogP contribution in [-0.2, 0) is 5.41 Å². The number of benzene rings is 4. The Balaban J connectivity index is 1.43. The van der Waals surface area contributed by atoms with Gasteiger partial charge in [-0.3, -0.25) is 0 Å². The summed E-state index contributed by atoms with van der Waals surface area (Å²) >= 11 is 0. The minimum atomic E-state index is 0.0115. The Morgan fingerprint density at radius 3 is 2.58 bits per heavy atom. The highest BCUT2D eigenvalue weighted by molar-refractivity contribution is 5.91. The largest absolute Gasteiger partial charge is 0.355 e. The molecule has 3 unspecified atom stereocenters. The fraction of sp³-hybridized carbons (Fsp3) is 0.250. The Kier molecular flexibility index (Phi) is 4.12. The van der Waals surface area contributed by atoms with E-state index >= 15 is 0 Å². The molecule has 1 fully saturated rings. The van der Waals surface area contributed by atoms with Crippen molar-refractivity contribution in [2.24, 2.45) is 11.8 Å². The van der Waals surface area contributed by atoms with Crippen molar-refractivity contribution in [3.8, 4) is 11.1 Å². The molecule has 0 saturated heterocycles. The maximum absolute atomic E-state index is 3.86. The number of anilines is 2. The van der Waals surface area contributed by atoms with Crippen molar-refractivity contribution >= 4 is 22.1 Å². The van der Waals surface area contributed by atoms with Gasteiger partial charge in [0, 0.05) is 16.8 Å². The maximum Gasteiger partial charge on any atom is 0.0444 e. The SMILES string of the molecule is CC1C=C2CC(CCC23c2ccccc2-c2cccc(Nc4ccc5ccccc5c4)c23)C1. The zero-order chi connectivity index (χ0) is 22.0. The molecule has 1 heteroatoms. The summed E-state index contributed by atoms with van der Waals surface area (Å²) in [6.07, 6.45) is 7.76. The van der Waals surface area contributed by atoms with Crippen LogP contribution in [0.25, 0.3) is 21.9 Å². The lowest BCUT2D eigenvalue weighted by molar-refractivity contribution is 0.285. The van der Waals surface area contributed by atoms with Gasteiger partial charge in [-0.2, -0.15) is 0 Å². The summed E-state index contributed by atoms with van der Waals surface area (Å²) in [5.74, 6) is 1.52. The monoisotopic (exact) mass is 427 g/mol. The van der Waals surface area contributed by atoms with Crippen LogP contribution in [0.15, 0.2) is 96.6 Å². The van der Waals surface area contributed by atoms with Crippen molar-refractivity contribution in [1.82, 2.24) is 0 Å². The van der Waals surface area contributed by atoms with Crippen LogP contribution in [-0.4, -0.2) is 0 Å². The van der Waals surface area contributed by atoms with Gasteiger partial charge in [0.2, 0.25) is 0 Å². The number of allylic oxidation sites excluding steroid dienone is 2. The van der Waals surface area contributed by atoms with E-state index in [0.29, 0.717) is 5.92 Å². The molecule has 0 aliphatic heterocycles. The molecule has 33 heavy (non-hydrogen) atoms. The van der Waals surface area contributed by atoms with Gasteiger partial charge in [0.25, 0.3) is 0 Å². The number of rotatable bonds is 2. The molecule has 3 atom stereocenters. The molecule has 162 valence electrons. The van der Waals surface area contributed by atoms with Gasteiger partial charge in [-0.1, -0.05) is 85.3 Å². The summed E-state index contributed by atoms with van der Waals surface area (Å²) in [6, 6.07) is 31.4. The van der Waals surface area contributed by atoms with Gasteiger partial charge in [0.05, 0.1) is 0 Å². The zero-order valence-electron chi connectivity index (χ0n) is 19.1. The number of fused-ring (bicyclic) bond motifs is 9. The summed E-state index contributed by atoms with van der Waals surface area (Å²) in [6.45, 7) is 2.41. The van der Waals surface area contributed by atoms with Crippen molar-refractivity contribution in [1.29, 1.82) is 0 Å². The first-order chi connectivity index (χ1) is 16.2. The van der Waals surface area contributed by atoms with E-state index in [0.717, 1.165) is 11.6 Å². The van der Waals surface area contributed by atoms with Crippen LogP contribution in [0.1, 0.15) is 43.7 Å². The first kappa shape index (κ1) is 19.2. The van der Waals surface area contributed by atoms with Gasteiger partial charge in [-0.25, -0.2) is 0 Å². The van der Waals surface area contributed by atoms with Crippen LogP contribution >= 0.6 is 0 Å². The zero-order valence-corrected chi connectivity index (χ0v) is 19.1. The molecule has 1 saturated carbocycles. The average Bonchev–Trinajstić information content (AvgIpc) is 3.13. The van der Waals surface area contributed by atoms with Crippen molar-refractivity contribution in [2.45, 2.75) is 38.0 Å². The lowest BCUT2D eigenvalue weighted by Gasteiger charge is -2.46. The van der Waals surface area contributed by atoms with E-state index in [4.69, 9.17) is 0 Å². The molecule has 0 heterocycles. The van der Waals surface area contributed by atoms with E-state index in [1.165, 1.54) is 64.4 Å². The van der Waals surface area contributed by atoms with E-state index in [2.05, 4.69) is 103 Å². The number of hydrogen-bond acceptors (Lipinski definition) is 1. The third kappa shape index (κ3) is 2.78. The van der Waals surface area contributed by atoms with Crippen molar-refractivity contribution < 1.29 is 0 Å². The molecule has 0 radical (unpaired) electrons. The van der Waals surface area contributed by atoms with Gasteiger partial charge in [0.15, 0.2) is 0 Å². The fourth-order valence-electron chi connectivity index (χ4n) is 7.10. The summed E-state index contributed by atoms with van der Waals surface area (Å²) in [5.41, 5.74) is 9.95. The maximum atomic E-state index is 3.86. The second-order valence-electron chi connectivity index (χ2n) is 10.4. The molecular weight excluding hydrogens is 398 g/mol. The van der Waals surface area contributed by atoms with Crippen molar-refractivity contribution in [3.63, 3.8) is 0 Å². The highest BCUT2D eigenvalue weighted by atomic mass is 14.9. The molecule has 2 bridgehead atoms. The quantitative estimate of drug-likeness (QED) is 0.316. The van der Waals surface area contributed by atoms with E-state index in [-0.39, 0.29) is 5.41 Å². The van der Waals surface area contributed by atoms with Crippen LogP contribution in [0, 0.1) is 11.8 Å². The molecule has 0 aromatic heterocycles. The predicted molar refractivity (Wildman–Crippen MR) is 139 cm³/mol. The van der Waals surface area contributed by atoms with Crippen LogP contribution in [0.4, 0.5) is 11.4 Å². The van der Waals surface area contributed by atoms with Crippen LogP contribution in [0.2, 0.25) is 0 Å². The Morgan fingerprint density at radius 1 is 0.818 bits per heavy atom. The lowest BCUT2D eigenvalue weighted by Crippen LogP contribution is -2.37. The van der Waals surface area contributed by atoms with Crippen LogP contribution in [0.3, 0.4) is 0 Å². The van der Waals surface area contributed by atoms with Gasteiger partial charge >= 0.3 is 0 Å². The van der Waals surface area contributed by atoms with Crippen LogP contribution in [0.5, 0.6) is 0 Å². The second-order valence-corrected chi connectivity index (χ2v) is 10.4. The highest BCUT2D eigenvalue weighted by Gasteiger charge is 2.50. The highest BCUT2D eigenvalue weighted by Crippen LogP contribution is 2.62. The minimum absolute atomic E-state index is 0.0115. The molecule has 3 aliphatic carbocycles. The summed E-state index contributed by atoms with van der Waals surface area (Å²) in [7, 11) is 0. The van der Waals surface area contributed by atoms with Gasteiger partial charge in [-0.05, 0) is 88.7 Å². The summed E-state index contributed by atoms with van der Waals surface area (Å²) in [4.78, 5) is 0. The fourth-order valence-corrected chi connectivity index (χ4v) is 7.10. The summed E-state index contributed by atoms with van der Waals surface area (Å²) in [5, 5.41) is 6.42. The first-order valence-corrected chi connectivity index (χ1v) is 12.4. The number of nitrogens with one attached hydrogen (secondary N) is 1. The normalized spacial score (nSPS) is 24.9. The molecule has 4 aromatic rings. The molecule has 1 spiro atoms. The Hall–Kier alpha value is -3.32. The van der Waals surface area contributed by atoms with Crippen molar-refractivity contribution in [2.75, 3.05) is 5.32 Å². The number of hydrogen-bond donors (Lipinski definition) is 1. The second kappa shape index (κ2) is 7.09. The molecule has 1 N–H and O–H groups in total. The Labute approximate surface area is 196 Å². The van der Waals surface area contributed by atoms with E-state index < -0.39 is 0 Å². The van der Waals surface area contributed by atoms with Crippen LogP contribution < -0.4 is 5.32 Å². The molecule has 1 nitrogen and oxygen atoms in total. The van der Waals surface area contributed by atoms with E-state index in [9.17, 15) is 0 Å².